The van der Waals surface area contributed by atoms with Gasteiger partial charge >= 0.3 is 0 Å². The fourth-order valence-corrected chi connectivity index (χ4v) is 4.56. The Hall–Kier alpha value is -3.40. The Morgan fingerprint density at radius 1 is 0.658 bits per heavy atom. The summed E-state index contributed by atoms with van der Waals surface area (Å²) < 4.78 is 0. The summed E-state index contributed by atoms with van der Waals surface area (Å²) in [6.07, 6.45) is 9.99. The summed E-state index contributed by atoms with van der Waals surface area (Å²) >= 11 is 0. The largest absolute Gasteiger partial charge is 0.507 e. The van der Waals surface area contributed by atoms with E-state index in [1.807, 2.05) is 36.4 Å². The van der Waals surface area contributed by atoms with Crippen molar-refractivity contribution in [3.8, 4) is 11.5 Å². The van der Waals surface area contributed by atoms with Crippen LogP contribution < -0.4 is 0 Å². The average molecular weight is 513 g/mol. The van der Waals surface area contributed by atoms with Crippen molar-refractivity contribution in [2.75, 3.05) is 0 Å². The molecule has 0 bridgehead atoms. The van der Waals surface area contributed by atoms with Gasteiger partial charge in [-0.2, -0.15) is 0 Å². The van der Waals surface area contributed by atoms with Crippen LogP contribution >= 0.6 is 0 Å². The lowest BCUT2D eigenvalue weighted by atomic mass is 9.94. The van der Waals surface area contributed by atoms with Crippen LogP contribution in [-0.2, 0) is 12.8 Å². The molecular weight excluding hydrogens is 468 g/mol. The van der Waals surface area contributed by atoms with E-state index >= 15 is 0 Å². The van der Waals surface area contributed by atoms with Crippen LogP contribution in [0.3, 0.4) is 0 Å². The van der Waals surface area contributed by atoms with Gasteiger partial charge in [-0.1, -0.05) is 72.6 Å². The molecule has 0 unspecified atom stereocenters. The smallest absolute Gasteiger partial charge is 0.127 e. The van der Waals surface area contributed by atoms with Crippen LogP contribution in [0, 0.1) is 0 Å². The third-order valence-corrected chi connectivity index (χ3v) is 6.87. The minimum Gasteiger partial charge on any atom is -0.507 e. The number of aromatic hydroxyl groups is 2. The first-order valence-electron chi connectivity index (χ1n) is 14.1. The number of hydrogen-bond acceptors (Lipinski definition) is 4. The first-order chi connectivity index (χ1) is 18.2. The van der Waals surface area contributed by atoms with E-state index in [0.717, 1.165) is 72.2 Å². The van der Waals surface area contributed by atoms with E-state index < -0.39 is 0 Å². The maximum atomic E-state index is 10.9. The third-order valence-electron chi connectivity index (χ3n) is 6.87. The third kappa shape index (κ3) is 7.80. The molecule has 202 valence electrons. The van der Waals surface area contributed by atoms with Gasteiger partial charge in [0.25, 0.3) is 0 Å². The molecule has 0 aromatic heterocycles. The van der Waals surface area contributed by atoms with Gasteiger partial charge in [-0.05, 0) is 90.1 Å². The van der Waals surface area contributed by atoms with E-state index in [4.69, 9.17) is 0 Å². The normalized spacial score (nSPS) is 12.0. The van der Waals surface area contributed by atoms with Gasteiger partial charge in [-0.15, -0.1) is 0 Å². The van der Waals surface area contributed by atoms with Gasteiger partial charge in [0.2, 0.25) is 0 Å². The van der Waals surface area contributed by atoms with Crippen LogP contribution in [0.15, 0.2) is 58.5 Å². The standard InChI is InChI=1S/C34H44N2O2/c1-7-9-12-25-16-27(33(37)31(18-25)23(3)4)21-35-29-14-11-15-30(20-29)36-22-28-17-26(13-10-8-2)19-32(24(5)6)34(28)38/h11,14-24,37-38H,7-10,12-13H2,1-6H3. The Balaban J connectivity index is 1.88. The van der Waals surface area contributed by atoms with Crippen molar-refractivity contribution >= 4 is 23.8 Å². The molecule has 4 nitrogen and oxygen atoms in total. The minimum atomic E-state index is 0.231. The molecule has 3 aromatic carbocycles. The molecule has 0 spiro atoms. The number of benzene rings is 3. The molecule has 2 N–H and O–H groups in total. The van der Waals surface area contributed by atoms with Crippen LogP contribution in [-0.4, -0.2) is 22.6 Å². The quantitative estimate of drug-likeness (QED) is 0.237. The van der Waals surface area contributed by atoms with Gasteiger partial charge in [-0.3, -0.25) is 9.98 Å². The van der Waals surface area contributed by atoms with Crippen molar-refractivity contribution in [1.29, 1.82) is 0 Å². The topological polar surface area (TPSA) is 65.2 Å². The van der Waals surface area contributed by atoms with Crippen LogP contribution in [0.2, 0.25) is 0 Å². The molecule has 0 atom stereocenters. The van der Waals surface area contributed by atoms with E-state index in [0.29, 0.717) is 11.5 Å². The predicted octanol–water partition coefficient (Wildman–Crippen LogP) is 9.53. The number of hydrogen-bond donors (Lipinski definition) is 2. The first kappa shape index (κ1) is 29.2. The summed E-state index contributed by atoms with van der Waals surface area (Å²) in [7, 11) is 0. The van der Waals surface area contributed by atoms with Crippen molar-refractivity contribution in [3.63, 3.8) is 0 Å². The fourth-order valence-electron chi connectivity index (χ4n) is 4.56. The highest BCUT2D eigenvalue weighted by molar-refractivity contribution is 5.88. The lowest BCUT2D eigenvalue weighted by Gasteiger charge is -2.14. The Kier molecular flexibility index (Phi) is 10.7. The van der Waals surface area contributed by atoms with Crippen molar-refractivity contribution < 1.29 is 10.2 Å². The Labute approximate surface area is 229 Å². The zero-order chi connectivity index (χ0) is 27.7. The maximum absolute atomic E-state index is 10.9. The van der Waals surface area contributed by atoms with Gasteiger partial charge in [0, 0.05) is 23.6 Å². The number of phenolic OH excluding ortho intramolecular Hbond substituents is 2. The summed E-state index contributed by atoms with van der Waals surface area (Å²) in [5.74, 6) is 1.07. The lowest BCUT2D eigenvalue weighted by molar-refractivity contribution is 0.463. The van der Waals surface area contributed by atoms with Crippen molar-refractivity contribution in [2.24, 2.45) is 9.98 Å². The molecule has 3 rings (SSSR count). The number of nitrogens with zero attached hydrogens (tertiary/aromatic N) is 2. The van der Waals surface area contributed by atoms with E-state index in [2.05, 4.69) is 63.7 Å². The van der Waals surface area contributed by atoms with Crippen LogP contribution in [0.1, 0.15) is 112 Å². The second kappa shape index (κ2) is 13.9. The van der Waals surface area contributed by atoms with E-state index in [9.17, 15) is 10.2 Å². The fraction of sp³-hybridized carbons (Fsp3) is 0.412. The van der Waals surface area contributed by atoms with Gasteiger partial charge in [-0.25, -0.2) is 0 Å². The molecule has 0 aliphatic heterocycles. The molecule has 0 saturated heterocycles. The first-order valence-corrected chi connectivity index (χ1v) is 14.1. The Morgan fingerprint density at radius 3 is 1.45 bits per heavy atom. The molecule has 0 radical (unpaired) electrons. The number of aliphatic imine (C=N–C) groups is 2. The summed E-state index contributed by atoms with van der Waals surface area (Å²) in [5.41, 5.74) is 7.38. The molecule has 3 aromatic rings. The average Bonchev–Trinajstić information content (AvgIpc) is 2.90. The summed E-state index contributed by atoms with van der Waals surface area (Å²) in [6, 6.07) is 16.0. The molecule has 0 fully saturated rings. The predicted molar refractivity (Wildman–Crippen MR) is 163 cm³/mol. The van der Waals surface area contributed by atoms with Crippen LogP contribution in [0.4, 0.5) is 11.4 Å². The highest BCUT2D eigenvalue weighted by Gasteiger charge is 2.13. The molecule has 0 heterocycles. The van der Waals surface area contributed by atoms with Crippen LogP contribution in [0.5, 0.6) is 11.5 Å². The molecule has 4 heteroatoms. The second-order valence-corrected chi connectivity index (χ2v) is 10.8. The molecule has 0 aliphatic carbocycles. The van der Waals surface area contributed by atoms with Crippen molar-refractivity contribution in [3.05, 3.63) is 81.9 Å². The van der Waals surface area contributed by atoms with Gasteiger partial charge < -0.3 is 10.2 Å². The molecule has 0 aliphatic rings. The van der Waals surface area contributed by atoms with Crippen molar-refractivity contribution in [1.82, 2.24) is 0 Å². The molecule has 38 heavy (non-hydrogen) atoms. The van der Waals surface area contributed by atoms with E-state index in [1.54, 1.807) is 12.4 Å². The van der Waals surface area contributed by atoms with Crippen molar-refractivity contribution in [2.45, 2.75) is 91.9 Å². The molecule has 0 amide bonds. The van der Waals surface area contributed by atoms with E-state index in [-0.39, 0.29) is 11.8 Å². The summed E-state index contributed by atoms with van der Waals surface area (Å²) in [4.78, 5) is 9.34. The Morgan fingerprint density at radius 2 is 1.08 bits per heavy atom. The number of unbranched alkanes of at least 4 members (excludes halogenated alkanes) is 2. The van der Waals surface area contributed by atoms with E-state index in [1.165, 1.54) is 11.1 Å². The second-order valence-electron chi connectivity index (χ2n) is 10.8. The maximum Gasteiger partial charge on any atom is 0.127 e. The summed E-state index contributed by atoms with van der Waals surface area (Å²) in [6.45, 7) is 12.8. The van der Waals surface area contributed by atoms with Gasteiger partial charge in [0.1, 0.15) is 11.5 Å². The number of aryl methyl sites for hydroxylation is 2. The number of phenols is 2. The zero-order valence-corrected chi connectivity index (χ0v) is 24.0. The monoisotopic (exact) mass is 512 g/mol. The highest BCUT2D eigenvalue weighted by Crippen LogP contribution is 2.32. The van der Waals surface area contributed by atoms with Crippen LogP contribution in [0.25, 0.3) is 0 Å². The Bertz CT molecular complexity index is 1180. The minimum absolute atomic E-state index is 0.231. The SMILES string of the molecule is CCCCc1cc(C=Nc2cccc(N=Cc3cc(CCCC)cc(C(C)C)c3O)c2)c(O)c(C(C)C)c1. The molecule has 0 saturated carbocycles. The number of rotatable bonds is 12. The van der Waals surface area contributed by atoms with Gasteiger partial charge in [0.15, 0.2) is 0 Å². The van der Waals surface area contributed by atoms with Gasteiger partial charge in [0.05, 0.1) is 11.4 Å². The highest BCUT2D eigenvalue weighted by atomic mass is 16.3. The summed E-state index contributed by atoms with van der Waals surface area (Å²) in [5, 5.41) is 21.8. The zero-order valence-electron chi connectivity index (χ0n) is 24.0. The molecular formula is C34H44N2O2. The lowest BCUT2D eigenvalue weighted by Crippen LogP contribution is -1.97.